The van der Waals surface area contributed by atoms with Gasteiger partial charge in [0, 0.05) is 11.1 Å². The fourth-order valence-electron chi connectivity index (χ4n) is 5.04. The van der Waals surface area contributed by atoms with Gasteiger partial charge in [0.25, 0.3) is 0 Å². The molecular weight excluding hydrogens is 632 g/mol. The van der Waals surface area contributed by atoms with Crippen LogP contribution >= 0.6 is 0 Å². The third-order valence-electron chi connectivity index (χ3n) is 7.40. The molecule has 0 spiro atoms. The predicted molar refractivity (Wildman–Crippen MR) is 181 cm³/mol. The summed E-state index contributed by atoms with van der Waals surface area (Å²) in [5, 5.41) is 5.03. The fraction of sp³-hybridized carbons (Fsp3) is 0.514. The van der Waals surface area contributed by atoms with Gasteiger partial charge in [0.15, 0.2) is 24.8 Å². The molecule has 2 aromatic rings. The summed E-state index contributed by atoms with van der Waals surface area (Å²) >= 11 is 0. The van der Waals surface area contributed by atoms with Crippen LogP contribution in [-0.4, -0.2) is 72.2 Å². The molecule has 12 nitrogen and oxygen atoms in total. The number of Topliss-reactive ketones (excluding diaryl/α,β-unsaturated/α-hetero) is 2. The number of carbonyl (C=O) groups excluding carboxylic acids is 6. The molecule has 266 valence electrons. The zero-order chi connectivity index (χ0) is 36.8. The van der Waals surface area contributed by atoms with Crippen molar-refractivity contribution in [2.75, 3.05) is 13.2 Å². The first kappa shape index (κ1) is 38.7. The number of carbonyl (C=O) groups is 6. The minimum Gasteiger partial charge on any atom is -0.456 e. The highest BCUT2D eigenvalue weighted by molar-refractivity contribution is 6.01. The van der Waals surface area contributed by atoms with Gasteiger partial charge < -0.3 is 29.6 Å². The Bertz CT molecular complexity index is 1480. The molecule has 0 radical (unpaired) electrons. The Hall–Kier alpha value is -4.74. The molecule has 49 heavy (non-hydrogen) atoms. The molecule has 0 aliphatic heterocycles. The summed E-state index contributed by atoms with van der Waals surface area (Å²) in [7, 11) is 0. The van der Waals surface area contributed by atoms with E-state index < -0.39 is 72.2 Å². The SMILES string of the molecule is CC(C)[C@H](NC(=O)OC(C)(C)C)C(=O)OCC(=O)c1ccc2c(c1)Cc1cc(C(=O)COC(=O)[C@@H](NC(=O)OC(C)(C)C)C(C)C)ccc1-2. The lowest BCUT2D eigenvalue weighted by Gasteiger charge is -2.24. The third-order valence-corrected chi connectivity index (χ3v) is 7.40. The van der Waals surface area contributed by atoms with Gasteiger partial charge in [-0.15, -0.1) is 0 Å². The van der Waals surface area contributed by atoms with Crippen molar-refractivity contribution in [2.24, 2.45) is 11.8 Å². The molecule has 0 aromatic heterocycles. The molecule has 1 aliphatic rings. The maximum Gasteiger partial charge on any atom is 0.408 e. The van der Waals surface area contributed by atoms with E-state index in [1.807, 2.05) is 12.1 Å². The Kier molecular flexibility index (Phi) is 12.4. The molecule has 1 aliphatic carbocycles. The molecule has 0 fully saturated rings. The number of fused-ring (bicyclic) bond motifs is 3. The van der Waals surface area contributed by atoms with Crippen LogP contribution in [0.5, 0.6) is 0 Å². The van der Waals surface area contributed by atoms with Gasteiger partial charge in [-0.05, 0) is 94.2 Å². The van der Waals surface area contributed by atoms with Crippen molar-refractivity contribution in [1.82, 2.24) is 10.6 Å². The average molecular weight is 681 g/mol. The second kappa shape index (κ2) is 15.7. The van der Waals surface area contributed by atoms with Crippen LogP contribution in [-0.2, 0) is 35.0 Å². The molecular formula is C37H48N2O10. The number of alkyl carbamates (subject to hydrolysis) is 2. The van der Waals surface area contributed by atoms with Crippen LogP contribution in [0, 0.1) is 11.8 Å². The second-order valence-electron chi connectivity index (χ2n) is 14.7. The van der Waals surface area contributed by atoms with Crippen LogP contribution in [0.4, 0.5) is 9.59 Å². The minimum absolute atomic E-state index is 0.310. The molecule has 0 bridgehead atoms. The van der Waals surface area contributed by atoms with Crippen LogP contribution in [0.2, 0.25) is 0 Å². The number of rotatable bonds is 12. The topological polar surface area (TPSA) is 163 Å². The molecule has 2 N–H and O–H groups in total. The summed E-state index contributed by atoms with van der Waals surface area (Å²) in [4.78, 5) is 75.9. The zero-order valence-electron chi connectivity index (χ0n) is 30.0. The monoisotopic (exact) mass is 680 g/mol. The lowest BCUT2D eigenvalue weighted by Crippen LogP contribution is -2.47. The first-order valence-corrected chi connectivity index (χ1v) is 16.3. The van der Waals surface area contributed by atoms with E-state index in [1.54, 1.807) is 93.5 Å². The van der Waals surface area contributed by atoms with E-state index in [2.05, 4.69) is 10.6 Å². The standard InChI is InChI=1S/C37H48N2O10/c1-20(2)30(38-34(44)48-36(5,6)7)32(42)46-18-28(40)22-11-13-26-24(15-22)17-25-16-23(12-14-27(25)26)29(41)19-47-33(43)31(21(3)4)39-35(45)49-37(8,9)10/h11-16,20-21,30-31H,17-19H2,1-10H3,(H,38,44)(H,39,45)/t30-,31-/m0/s1. The molecule has 0 saturated carbocycles. The van der Waals surface area contributed by atoms with Gasteiger partial charge in [-0.25, -0.2) is 19.2 Å². The molecule has 0 unspecified atom stereocenters. The average Bonchev–Trinajstić information content (AvgIpc) is 3.34. The number of hydrogen-bond donors (Lipinski definition) is 2. The normalized spacial score (nSPS) is 13.5. The van der Waals surface area contributed by atoms with E-state index in [4.69, 9.17) is 18.9 Å². The highest BCUT2D eigenvalue weighted by Gasteiger charge is 2.31. The van der Waals surface area contributed by atoms with E-state index in [-0.39, 0.29) is 11.8 Å². The Balaban J connectivity index is 1.60. The molecule has 0 saturated heterocycles. The Labute approximate surface area is 287 Å². The van der Waals surface area contributed by atoms with Crippen LogP contribution in [0.25, 0.3) is 11.1 Å². The van der Waals surface area contributed by atoms with Crippen LogP contribution < -0.4 is 10.6 Å². The summed E-state index contributed by atoms with van der Waals surface area (Å²) in [6.45, 7) is 16.2. The number of esters is 2. The van der Waals surface area contributed by atoms with Crippen molar-refractivity contribution in [2.45, 2.75) is 98.9 Å². The summed E-state index contributed by atoms with van der Waals surface area (Å²) in [6.07, 6.45) is -1.06. The van der Waals surface area contributed by atoms with Crippen molar-refractivity contribution in [1.29, 1.82) is 0 Å². The van der Waals surface area contributed by atoms with Gasteiger partial charge in [-0.1, -0.05) is 52.0 Å². The quantitative estimate of drug-likeness (QED) is 0.136. The molecule has 0 heterocycles. The van der Waals surface area contributed by atoms with Gasteiger partial charge in [-0.2, -0.15) is 0 Å². The number of ether oxygens (including phenoxy) is 4. The van der Waals surface area contributed by atoms with Crippen molar-refractivity contribution in [3.8, 4) is 11.1 Å². The fourth-order valence-corrected chi connectivity index (χ4v) is 5.04. The summed E-state index contributed by atoms with van der Waals surface area (Å²) < 4.78 is 21.0. The molecule has 12 heteroatoms. The summed E-state index contributed by atoms with van der Waals surface area (Å²) in [6, 6.07) is 8.39. The maximum atomic E-state index is 13.0. The van der Waals surface area contributed by atoms with Crippen LogP contribution in [0.1, 0.15) is 101 Å². The lowest BCUT2D eigenvalue weighted by atomic mass is 10.0. The predicted octanol–water partition coefficient (Wildman–Crippen LogP) is 5.81. The van der Waals surface area contributed by atoms with E-state index in [0.717, 1.165) is 22.3 Å². The minimum atomic E-state index is -0.997. The third kappa shape index (κ3) is 11.2. The number of nitrogens with one attached hydrogen (secondary N) is 2. The summed E-state index contributed by atoms with van der Waals surface area (Å²) in [5.74, 6) is -2.93. The van der Waals surface area contributed by atoms with E-state index in [1.165, 1.54) is 0 Å². The van der Waals surface area contributed by atoms with Gasteiger partial charge in [0.1, 0.15) is 23.3 Å². The van der Waals surface area contributed by atoms with Crippen molar-refractivity contribution in [3.05, 3.63) is 58.7 Å². The highest BCUT2D eigenvalue weighted by atomic mass is 16.6. The first-order valence-electron chi connectivity index (χ1n) is 16.3. The number of hydrogen-bond acceptors (Lipinski definition) is 10. The maximum absolute atomic E-state index is 13.0. The first-order chi connectivity index (χ1) is 22.6. The van der Waals surface area contributed by atoms with Gasteiger partial charge >= 0.3 is 24.1 Å². The largest absolute Gasteiger partial charge is 0.456 e. The molecule has 2 atom stereocenters. The smallest absolute Gasteiger partial charge is 0.408 e. The van der Waals surface area contributed by atoms with E-state index in [0.29, 0.717) is 17.5 Å². The Morgan fingerprint density at radius 1 is 0.612 bits per heavy atom. The number of benzene rings is 2. The van der Waals surface area contributed by atoms with E-state index in [9.17, 15) is 28.8 Å². The molecule has 2 amide bonds. The number of amides is 2. The van der Waals surface area contributed by atoms with Gasteiger partial charge in [0.05, 0.1) is 0 Å². The number of ketones is 2. The second-order valence-corrected chi connectivity index (χ2v) is 14.7. The van der Waals surface area contributed by atoms with E-state index >= 15 is 0 Å². The van der Waals surface area contributed by atoms with Gasteiger partial charge in [-0.3, -0.25) is 9.59 Å². The van der Waals surface area contributed by atoms with Crippen molar-refractivity contribution >= 4 is 35.7 Å². The highest BCUT2D eigenvalue weighted by Crippen LogP contribution is 2.37. The molecule has 2 aromatic carbocycles. The Morgan fingerprint density at radius 2 is 0.959 bits per heavy atom. The van der Waals surface area contributed by atoms with Gasteiger partial charge in [0.2, 0.25) is 0 Å². The van der Waals surface area contributed by atoms with Crippen molar-refractivity contribution in [3.63, 3.8) is 0 Å². The van der Waals surface area contributed by atoms with Crippen LogP contribution in [0.3, 0.4) is 0 Å². The van der Waals surface area contributed by atoms with Crippen molar-refractivity contribution < 1.29 is 47.7 Å². The zero-order valence-corrected chi connectivity index (χ0v) is 30.0. The molecule has 3 rings (SSSR count). The lowest BCUT2D eigenvalue weighted by molar-refractivity contribution is -0.146. The Morgan fingerprint density at radius 3 is 1.27 bits per heavy atom. The summed E-state index contributed by atoms with van der Waals surface area (Å²) in [5.41, 5.74) is 2.75. The van der Waals surface area contributed by atoms with Crippen LogP contribution in [0.15, 0.2) is 36.4 Å².